The van der Waals surface area contributed by atoms with Gasteiger partial charge in [-0.15, -0.1) is 0 Å². The summed E-state index contributed by atoms with van der Waals surface area (Å²) in [6.07, 6.45) is 1.21. The van der Waals surface area contributed by atoms with Crippen molar-refractivity contribution in [3.05, 3.63) is 47.3 Å². The maximum absolute atomic E-state index is 12.1. The number of benzene rings is 1. The van der Waals surface area contributed by atoms with Gasteiger partial charge in [0.1, 0.15) is 11.4 Å². The van der Waals surface area contributed by atoms with Crippen LogP contribution in [0.2, 0.25) is 0 Å². The van der Waals surface area contributed by atoms with Crippen molar-refractivity contribution in [3.8, 4) is 0 Å². The van der Waals surface area contributed by atoms with Crippen molar-refractivity contribution in [1.29, 1.82) is 0 Å². The molecule has 0 radical (unpaired) electrons. The lowest BCUT2D eigenvalue weighted by Gasteiger charge is -2.17. The number of nitrogens with zero attached hydrogens (tertiary/aromatic N) is 1. The average molecular weight is 303 g/mol. The van der Waals surface area contributed by atoms with E-state index in [1.807, 2.05) is 37.3 Å². The van der Waals surface area contributed by atoms with E-state index in [9.17, 15) is 9.90 Å². The first-order chi connectivity index (χ1) is 10.6. The number of nitrogens with one attached hydrogen (secondary N) is 2. The molecule has 118 valence electrons. The van der Waals surface area contributed by atoms with Gasteiger partial charge in [-0.2, -0.15) is 0 Å². The molecule has 0 saturated heterocycles. The zero-order chi connectivity index (χ0) is 15.9. The molecule has 0 bridgehead atoms. The number of aryl methyl sites for hydroxylation is 2. The molecule has 0 fully saturated rings. The quantitative estimate of drug-likeness (QED) is 0.764. The molecule has 1 heterocycles. The van der Waals surface area contributed by atoms with Gasteiger partial charge in [0.15, 0.2) is 5.76 Å². The van der Waals surface area contributed by atoms with Crippen LogP contribution in [0, 0.1) is 6.92 Å². The molecule has 0 aliphatic heterocycles. The smallest absolute Gasteiger partial charge is 0.319 e. The van der Waals surface area contributed by atoms with Crippen LogP contribution in [-0.2, 0) is 12.8 Å². The maximum Gasteiger partial charge on any atom is 0.319 e. The summed E-state index contributed by atoms with van der Waals surface area (Å²) in [4.78, 5) is 12.1. The van der Waals surface area contributed by atoms with E-state index >= 15 is 0 Å². The minimum Gasteiger partial charge on any atom is -0.394 e. The minimum absolute atomic E-state index is 0.133. The number of aromatic nitrogens is 1. The van der Waals surface area contributed by atoms with Crippen molar-refractivity contribution >= 4 is 11.7 Å². The second-order valence-corrected chi connectivity index (χ2v) is 5.09. The molecule has 2 rings (SSSR count). The van der Waals surface area contributed by atoms with Gasteiger partial charge in [0.25, 0.3) is 0 Å². The molecule has 3 N–H and O–H groups in total. The van der Waals surface area contributed by atoms with Gasteiger partial charge in [-0.25, -0.2) is 4.79 Å². The Morgan fingerprint density at radius 1 is 1.36 bits per heavy atom. The second-order valence-electron chi connectivity index (χ2n) is 5.09. The molecule has 22 heavy (non-hydrogen) atoms. The largest absolute Gasteiger partial charge is 0.394 e. The Morgan fingerprint density at radius 2 is 2.09 bits per heavy atom. The van der Waals surface area contributed by atoms with Crippen molar-refractivity contribution in [3.63, 3.8) is 0 Å². The molecule has 0 unspecified atom stereocenters. The van der Waals surface area contributed by atoms with E-state index in [0.717, 1.165) is 5.56 Å². The van der Waals surface area contributed by atoms with Crippen LogP contribution in [0.1, 0.15) is 23.9 Å². The summed E-state index contributed by atoms with van der Waals surface area (Å²) < 4.78 is 5.13. The van der Waals surface area contributed by atoms with E-state index < -0.39 is 0 Å². The van der Waals surface area contributed by atoms with E-state index in [-0.39, 0.29) is 18.7 Å². The lowest BCUT2D eigenvalue weighted by Crippen LogP contribution is -2.41. The van der Waals surface area contributed by atoms with Gasteiger partial charge < -0.3 is 20.3 Å². The van der Waals surface area contributed by atoms with Crippen LogP contribution in [-0.4, -0.2) is 28.9 Å². The van der Waals surface area contributed by atoms with E-state index in [1.54, 1.807) is 6.92 Å². The summed E-state index contributed by atoms with van der Waals surface area (Å²) in [7, 11) is 0. The Morgan fingerprint density at radius 3 is 2.73 bits per heavy atom. The monoisotopic (exact) mass is 303 g/mol. The predicted octanol–water partition coefficient (Wildman–Crippen LogP) is 2.27. The number of urea groups is 1. The lowest BCUT2D eigenvalue weighted by atomic mass is 10.1. The highest BCUT2D eigenvalue weighted by Gasteiger charge is 2.17. The Bertz CT molecular complexity index is 610. The van der Waals surface area contributed by atoms with Gasteiger partial charge >= 0.3 is 6.03 Å². The van der Waals surface area contributed by atoms with Gasteiger partial charge in [0.2, 0.25) is 0 Å². The fourth-order valence-electron chi connectivity index (χ4n) is 2.21. The first-order valence-corrected chi connectivity index (χ1v) is 7.31. The second kappa shape index (κ2) is 7.61. The number of carbonyl (C=O) groups is 1. The van der Waals surface area contributed by atoms with E-state index in [4.69, 9.17) is 4.52 Å². The molecular formula is C16H21N3O3. The fraction of sp³-hybridized carbons (Fsp3) is 0.375. The number of amides is 2. The normalized spacial score (nSPS) is 12.0. The third kappa shape index (κ3) is 4.08. The van der Waals surface area contributed by atoms with Crippen molar-refractivity contribution < 1.29 is 14.4 Å². The standard InChI is InChI=1S/C16H21N3O3/c1-3-14-15(11(2)19-22-14)18-16(21)17-13(10-20)9-12-7-5-4-6-8-12/h4-8,13,20H,3,9-10H2,1-2H3,(H2,17,18,21)/t13-/m0/s1. The molecule has 2 amide bonds. The van der Waals surface area contributed by atoms with Crippen LogP contribution in [0.15, 0.2) is 34.9 Å². The number of aliphatic hydroxyl groups is 1. The SMILES string of the molecule is CCc1onc(C)c1NC(=O)N[C@H](CO)Cc1ccccc1. The number of carbonyl (C=O) groups excluding carboxylic acids is 1. The Balaban J connectivity index is 1.96. The molecule has 0 saturated carbocycles. The van der Waals surface area contributed by atoms with Crippen LogP contribution in [0.25, 0.3) is 0 Å². The molecular weight excluding hydrogens is 282 g/mol. The molecule has 6 nitrogen and oxygen atoms in total. The summed E-state index contributed by atoms with van der Waals surface area (Å²) in [5.74, 6) is 0.635. The highest BCUT2D eigenvalue weighted by Crippen LogP contribution is 2.20. The number of hydrogen-bond donors (Lipinski definition) is 3. The Kier molecular flexibility index (Phi) is 5.55. The zero-order valence-electron chi connectivity index (χ0n) is 12.8. The van der Waals surface area contributed by atoms with Crippen molar-refractivity contribution in [2.24, 2.45) is 0 Å². The van der Waals surface area contributed by atoms with Gasteiger partial charge in [-0.05, 0) is 18.9 Å². The number of aliphatic hydroxyl groups excluding tert-OH is 1. The highest BCUT2D eigenvalue weighted by molar-refractivity contribution is 5.90. The van der Waals surface area contributed by atoms with Gasteiger partial charge in [-0.1, -0.05) is 42.4 Å². The van der Waals surface area contributed by atoms with E-state index in [1.165, 1.54) is 0 Å². The summed E-state index contributed by atoms with van der Waals surface area (Å²) in [6.45, 7) is 3.56. The minimum atomic E-state index is -0.379. The van der Waals surface area contributed by atoms with Crippen molar-refractivity contribution in [2.45, 2.75) is 32.7 Å². The first-order valence-electron chi connectivity index (χ1n) is 7.31. The maximum atomic E-state index is 12.1. The highest BCUT2D eigenvalue weighted by atomic mass is 16.5. The molecule has 1 atom stereocenters. The fourth-order valence-corrected chi connectivity index (χ4v) is 2.21. The van der Waals surface area contributed by atoms with Crippen molar-refractivity contribution in [1.82, 2.24) is 10.5 Å². The van der Waals surface area contributed by atoms with E-state index in [0.29, 0.717) is 30.0 Å². The number of rotatable bonds is 6. The summed E-state index contributed by atoms with van der Waals surface area (Å²) in [6, 6.07) is 8.97. The molecule has 6 heteroatoms. The Hall–Kier alpha value is -2.34. The van der Waals surface area contributed by atoms with Crippen LogP contribution in [0.4, 0.5) is 10.5 Å². The third-order valence-electron chi connectivity index (χ3n) is 3.37. The molecule has 2 aromatic rings. The molecule has 1 aromatic heterocycles. The lowest BCUT2D eigenvalue weighted by molar-refractivity contribution is 0.224. The predicted molar refractivity (Wildman–Crippen MR) is 83.8 cm³/mol. The Labute approximate surface area is 129 Å². The van der Waals surface area contributed by atoms with Crippen LogP contribution in [0.3, 0.4) is 0 Å². The third-order valence-corrected chi connectivity index (χ3v) is 3.37. The van der Waals surface area contributed by atoms with Crippen molar-refractivity contribution in [2.75, 3.05) is 11.9 Å². The molecule has 0 aliphatic carbocycles. The molecule has 0 aliphatic rings. The zero-order valence-corrected chi connectivity index (χ0v) is 12.8. The van der Waals surface area contributed by atoms with Gasteiger partial charge in [-0.3, -0.25) is 0 Å². The van der Waals surface area contributed by atoms with Crippen LogP contribution < -0.4 is 10.6 Å². The number of anilines is 1. The van der Waals surface area contributed by atoms with Crippen LogP contribution in [0.5, 0.6) is 0 Å². The topological polar surface area (TPSA) is 87.4 Å². The van der Waals surface area contributed by atoms with Crippen LogP contribution >= 0.6 is 0 Å². The average Bonchev–Trinajstić information content (AvgIpc) is 2.88. The number of hydrogen-bond acceptors (Lipinski definition) is 4. The summed E-state index contributed by atoms with van der Waals surface area (Å²) in [5, 5.41) is 18.8. The molecule has 1 aromatic carbocycles. The summed E-state index contributed by atoms with van der Waals surface area (Å²) >= 11 is 0. The van der Waals surface area contributed by atoms with Gasteiger partial charge in [0.05, 0.1) is 12.6 Å². The first kappa shape index (κ1) is 16.0. The van der Waals surface area contributed by atoms with E-state index in [2.05, 4.69) is 15.8 Å². The molecule has 0 spiro atoms. The summed E-state index contributed by atoms with van der Waals surface area (Å²) in [5.41, 5.74) is 2.28. The van der Waals surface area contributed by atoms with Gasteiger partial charge in [0, 0.05) is 6.42 Å².